The molecule has 0 amide bonds. The summed E-state index contributed by atoms with van der Waals surface area (Å²) in [6.07, 6.45) is 3.97. The fourth-order valence-electron chi connectivity index (χ4n) is 2.56. The van der Waals surface area contributed by atoms with Crippen LogP contribution >= 0.6 is 11.3 Å². The molecule has 0 saturated carbocycles. The van der Waals surface area contributed by atoms with E-state index in [9.17, 15) is 8.42 Å². The average molecular weight is 302 g/mol. The van der Waals surface area contributed by atoms with Crippen LogP contribution in [0, 0.1) is 6.92 Å². The molecule has 19 heavy (non-hydrogen) atoms. The van der Waals surface area contributed by atoms with Gasteiger partial charge in [0.05, 0.1) is 0 Å². The maximum absolute atomic E-state index is 12.7. The summed E-state index contributed by atoms with van der Waals surface area (Å²) < 4.78 is 27.6. The smallest absolute Gasteiger partial charge is 0.252 e. The van der Waals surface area contributed by atoms with E-state index >= 15 is 0 Å². The third kappa shape index (κ3) is 3.37. The highest BCUT2D eigenvalue weighted by atomic mass is 32.2. The van der Waals surface area contributed by atoms with Gasteiger partial charge in [-0.05, 0) is 51.9 Å². The molecule has 1 unspecified atom stereocenters. The Balaban J connectivity index is 2.21. The van der Waals surface area contributed by atoms with Crippen LogP contribution in [0.2, 0.25) is 0 Å². The van der Waals surface area contributed by atoms with E-state index < -0.39 is 10.0 Å². The van der Waals surface area contributed by atoms with E-state index in [4.69, 9.17) is 0 Å². The SMILES string of the molecule is CNCCC1CCCCN1S(=O)(=O)c1ccc(C)s1. The Hall–Kier alpha value is -0.430. The van der Waals surface area contributed by atoms with Crippen LogP contribution in [0.25, 0.3) is 0 Å². The predicted molar refractivity (Wildman–Crippen MR) is 79.1 cm³/mol. The van der Waals surface area contributed by atoms with Crippen LogP contribution in [0.15, 0.2) is 16.3 Å². The van der Waals surface area contributed by atoms with E-state index in [2.05, 4.69) is 5.32 Å². The van der Waals surface area contributed by atoms with Crippen LogP contribution in [0.3, 0.4) is 0 Å². The number of nitrogens with zero attached hydrogens (tertiary/aromatic N) is 1. The summed E-state index contributed by atoms with van der Waals surface area (Å²) in [5, 5.41) is 3.11. The summed E-state index contributed by atoms with van der Waals surface area (Å²) in [5.74, 6) is 0. The molecule has 1 aromatic rings. The predicted octanol–water partition coefficient (Wildman–Crippen LogP) is 2.21. The molecule has 1 atom stereocenters. The summed E-state index contributed by atoms with van der Waals surface area (Å²) >= 11 is 1.37. The summed E-state index contributed by atoms with van der Waals surface area (Å²) in [6.45, 7) is 3.46. The average Bonchev–Trinajstić information content (AvgIpc) is 2.84. The quantitative estimate of drug-likeness (QED) is 0.907. The summed E-state index contributed by atoms with van der Waals surface area (Å²) in [6, 6.07) is 3.76. The molecule has 0 aliphatic carbocycles. The van der Waals surface area contributed by atoms with Gasteiger partial charge in [0, 0.05) is 17.5 Å². The fourth-order valence-corrected chi connectivity index (χ4v) is 5.69. The molecule has 1 saturated heterocycles. The van der Waals surface area contributed by atoms with E-state index in [0.29, 0.717) is 10.8 Å². The fraction of sp³-hybridized carbons (Fsp3) is 0.692. The second-order valence-corrected chi connectivity index (χ2v) is 8.43. The Bertz CT molecular complexity index is 510. The normalized spacial score (nSPS) is 21.7. The van der Waals surface area contributed by atoms with Gasteiger partial charge in [0.1, 0.15) is 4.21 Å². The number of hydrogen-bond acceptors (Lipinski definition) is 4. The topological polar surface area (TPSA) is 49.4 Å². The monoisotopic (exact) mass is 302 g/mol. The molecule has 0 radical (unpaired) electrons. The van der Waals surface area contributed by atoms with Crippen molar-refractivity contribution in [1.29, 1.82) is 0 Å². The number of aryl methyl sites for hydroxylation is 1. The maximum Gasteiger partial charge on any atom is 0.252 e. The minimum atomic E-state index is -3.30. The Morgan fingerprint density at radius 3 is 2.84 bits per heavy atom. The molecule has 0 spiro atoms. The second kappa shape index (κ2) is 6.35. The summed E-state index contributed by atoms with van der Waals surface area (Å²) in [5.41, 5.74) is 0. The molecular formula is C13H22N2O2S2. The Labute approximate surface area is 119 Å². The van der Waals surface area contributed by atoms with Crippen molar-refractivity contribution in [3.05, 3.63) is 17.0 Å². The van der Waals surface area contributed by atoms with Gasteiger partial charge in [-0.15, -0.1) is 11.3 Å². The van der Waals surface area contributed by atoms with Gasteiger partial charge in [-0.1, -0.05) is 6.42 Å². The minimum absolute atomic E-state index is 0.147. The number of nitrogens with one attached hydrogen (secondary N) is 1. The van der Waals surface area contributed by atoms with Crippen molar-refractivity contribution < 1.29 is 8.42 Å². The molecule has 1 aliphatic heterocycles. The number of piperidine rings is 1. The minimum Gasteiger partial charge on any atom is -0.320 e. The molecule has 4 nitrogen and oxygen atoms in total. The molecule has 108 valence electrons. The zero-order valence-corrected chi connectivity index (χ0v) is 13.2. The highest BCUT2D eigenvalue weighted by Crippen LogP contribution is 2.30. The van der Waals surface area contributed by atoms with Gasteiger partial charge < -0.3 is 5.32 Å². The van der Waals surface area contributed by atoms with Crippen molar-refractivity contribution in [1.82, 2.24) is 9.62 Å². The van der Waals surface area contributed by atoms with Gasteiger partial charge in [-0.25, -0.2) is 8.42 Å². The first kappa shape index (κ1) is 15.0. The Kier molecular flexibility index (Phi) is 5.00. The zero-order chi connectivity index (χ0) is 13.9. The van der Waals surface area contributed by atoms with E-state index in [1.165, 1.54) is 11.3 Å². The lowest BCUT2D eigenvalue weighted by Gasteiger charge is -2.34. The molecule has 2 rings (SSSR count). The van der Waals surface area contributed by atoms with Crippen molar-refractivity contribution in [2.75, 3.05) is 20.1 Å². The Morgan fingerprint density at radius 1 is 1.42 bits per heavy atom. The van der Waals surface area contributed by atoms with Crippen LogP contribution < -0.4 is 5.32 Å². The highest BCUT2D eigenvalue weighted by Gasteiger charge is 2.33. The van der Waals surface area contributed by atoms with E-state index in [1.807, 2.05) is 20.0 Å². The second-order valence-electron chi connectivity index (χ2n) is 5.02. The van der Waals surface area contributed by atoms with Crippen LogP contribution in [0.4, 0.5) is 0 Å². The molecule has 2 heterocycles. The van der Waals surface area contributed by atoms with Crippen LogP contribution in [0.5, 0.6) is 0 Å². The highest BCUT2D eigenvalue weighted by molar-refractivity contribution is 7.91. The third-order valence-corrected chi connectivity index (χ3v) is 7.00. The lowest BCUT2D eigenvalue weighted by Crippen LogP contribution is -2.44. The lowest BCUT2D eigenvalue weighted by atomic mass is 10.0. The Morgan fingerprint density at radius 2 is 2.21 bits per heavy atom. The number of thiophene rings is 1. The van der Waals surface area contributed by atoms with Crippen LogP contribution in [-0.4, -0.2) is 38.9 Å². The molecule has 1 N–H and O–H groups in total. The van der Waals surface area contributed by atoms with E-state index in [1.54, 1.807) is 10.4 Å². The van der Waals surface area contributed by atoms with Crippen molar-refractivity contribution >= 4 is 21.4 Å². The first-order chi connectivity index (χ1) is 9.05. The standard InChI is InChI=1S/C13H22N2O2S2/c1-11-6-7-13(18-11)19(16,17)15-10-4-3-5-12(15)8-9-14-2/h6-7,12,14H,3-5,8-10H2,1-2H3. The molecule has 0 bridgehead atoms. The summed E-state index contributed by atoms with van der Waals surface area (Å²) in [4.78, 5) is 1.04. The lowest BCUT2D eigenvalue weighted by molar-refractivity contribution is 0.241. The van der Waals surface area contributed by atoms with Crippen molar-refractivity contribution in [3.63, 3.8) is 0 Å². The largest absolute Gasteiger partial charge is 0.320 e. The van der Waals surface area contributed by atoms with Crippen LogP contribution in [-0.2, 0) is 10.0 Å². The first-order valence-corrected chi connectivity index (χ1v) is 9.04. The van der Waals surface area contributed by atoms with E-state index in [-0.39, 0.29) is 6.04 Å². The molecule has 1 aliphatic rings. The van der Waals surface area contributed by atoms with E-state index in [0.717, 1.165) is 37.1 Å². The number of rotatable bonds is 5. The molecular weight excluding hydrogens is 280 g/mol. The third-order valence-electron chi connectivity index (χ3n) is 3.58. The molecule has 6 heteroatoms. The van der Waals surface area contributed by atoms with Gasteiger partial charge in [-0.3, -0.25) is 0 Å². The number of sulfonamides is 1. The zero-order valence-electron chi connectivity index (χ0n) is 11.6. The van der Waals surface area contributed by atoms with Crippen molar-refractivity contribution in [2.24, 2.45) is 0 Å². The van der Waals surface area contributed by atoms with Gasteiger partial charge in [0.2, 0.25) is 0 Å². The van der Waals surface area contributed by atoms with Crippen LogP contribution in [0.1, 0.15) is 30.6 Å². The van der Waals surface area contributed by atoms with Gasteiger partial charge in [0.25, 0.3) is 10.0 Å². The van der Waals surface area contributed by atoms with Gasteiger partial charge in [-0.2, -0.15) is 4.31 Å². The number of hydrogen-bond donors (Lipinski definition) is 1. The molecule has 0 aromatic carbocycles. The van der Waals surface area contributed by atoms with Gasteiger partial charge >= 0.3 is 0 Å². The molecule has 1 fully saturated rings. The van der Waals surface area contributed by atoms with Crippen molar-refractivity contribution in [2.45, 2.75) is 42.9 Å². The molecule has 1 aromatic heterocycles. The first-order valence-electron chi connectivity index (χ1n) is 6.78. The van der Waals surface area contributed by atoms with Crippen molar-refractivity contribution in [3.8, 4) is 0 Å². The summed E-state index contributed by atoms with van der Waals surface area (Å²) in [7, 11) is -1.39. The van der Waals surface area contributed by atoms with Gasteiger partial charge in [0.15, 0.2) is 0 Å². The maximum atomic E-state index is 12.7.